The molecule has 0 unspecified atom stereocenters. The molecule has 0 radical (unpaired) electrons. The van der Waals surface area contributed by atoms with Gasteiger partial charge in [0.2, 0.25) is 0 Å². The summed E-state index contributed by atoms with van der Waals surface area (Å²) in [6.45, 7) is 0.879. The van der Waals surface area contributed by atoms with Crippen molar-refractivity contribution in [3.05, 3.63) is 35.1 Å². The van der Waals surface area contributed by atoms with Crippen molar-refractivity contribution in [3.8, 4) is 0 Å². The monoisotopic (exact) mass is 241 g/mol. The number of methoxy groups -OCH3 is 1. The van der Waals surface area contributed by atoms with Crippen molar-refractivity contribution < 1.29 is 19.0 Å². The molecule has 4 nitrogen and oxygen atoms in total. The van der Waals surface area contributed by atoms with Crippen molar-refractivity contribution in [2.24, 2.45) is 0 Å². The molecule has 0 aliphatic carbocycles. The van der Waals surface area contributed by atoms with Crippen molar-refractivity contribution >= 4 is 5.97 Å². The van der Waals surface area contributed by atoms with Crippen molar-refractivity contribution in [2.45, 2.75) is 6.54 Å². The van der Waals surface area contributed by atoms with Gasteiger partial charge in [0.15, 0.2) is 0 Å². The first-order valence-electron chi connectivity index (χ1n) is 5.24. The van der Waals surface area contributed by atoms with E-state index < -0.39 is 11.8 Å². The van der Waals surface area contributed by atoms with Crippen molar-refractivity contribution in [1.82, 2.24) is 4.90 Å². The summed E-state index contributed by atoms with van der Waals surface area (Å²) in [5.41, 5.74) is 0.673. The van der Waals surface area contributed by atoms with E-state index in [-0.39, 0.29) is 12.2 Å². The predicted molar refractivity (Wildman–Crippen MR) is 61.2 cm³/mol. The molecule has 0 bridgehead atoms. The van der Waals surface area contributed by atoms with Crippen LogP contribution < -0.4 is 0 Å². The molecule has 0 aliphatic rings. The largest absolute Gasteiger partial charge is 0.465 e. The van der Waals surface area contributed by atoms with Crippen LogP contribution in [0.2, 0.25) is 0 Å². The van der Waals surface area contributed by atoms with Gasteiger partial charge < -0.3 is 9.84 Å². The number of rotatable bonds is 5. The molecule has 0 saturated heterocycles. The molecule has 0 heterocycles. The third-order valence-electron chi connectivity index (χ3n) is 2.40. The van der Waals surface area contributed by atoms with Gasteiger partial charge in [-0.3, -0.25) is 4.90 Å². The summed E-state index contributed by atoms with van der Waals surface area (Å²) in [5, 5.41) is 8.74. The van der Waals surface area contributed by atoms with E-state index in [2.05, 4.69) is 4.74 Å². The highest BCUT2D eigenvalue weighted by Crippen LogP contribution is 2.13. The van der Waals surface area contributed by atoms with Gasteiger partial charge in [0, 0.05) is 18.7 Å². The Kier molecular flexibility index (Phi) is 5.06. The molecule has 5 heteroatoms. The third-order valence-corrected chi connectivity index (χ3v) is 2.40. The first-order chi connectivity index (χ1) is 8.08. The minimum atomic E-state index is -0.556. The maximum atomic E-state index is 13.7. The zero-order valence-corrected chi connectivity index (χ0v) is 9.94. The van der Waals surface area contributed by atoms with Gasteiger partial charge in [0.25, 0.3) is 0 Å². The number of hydrogen-bond acceptors (Lipinski definition) is 4. The van der Waals surface area contributed by atoms with Crippen LogP contribution >= 0.6 is 0 Å². The Morgan fingerprint density at radius 1 is 1.53 bits per heavy atom. The molecule has 0 fully saturated rings. The number of carbonyl (C=O) groups excluding carboxylic acids is 1. The fraction of sp³-hybridized carbons (Fsp3) is 0.417. The Morgan fingerprint density at radius 2 is 2.24 bits per heavy atom. The van der Waals surface area contributed by atoms with Crippen LogP contribution in [-0.2, 0) is 11.3 Å². The van der Waals surface area contributed by atoms with Gasteiger partial charge in [-0.15, -0.1) is 0 Å². The average Bonchev–Trinajstić information content (AvgIpc) is 2.31. The summed E-state index contributed by atoms with van der Waals surface area (Å²) >= 11 is 0. The second kappa shape index (κ2) is 6.32. The van der Waals surface area contributed by atoms with Gasteiger partial charge in [-0.2, -0.15) is 0 Å². The number of benzene rings is 1. The second-order valence-electron chi connectivity index (χ2n) is 3.76. The van der Waals surface area contributed by atoms with Gasteiger partial charge in [0.05, 0.1) is 19.3 Å². The first kappa shape index (κ1) is 13.6. The average molecular weight is 241 g/mol. The van der Waals surface area contributed by atoms with Gasteiger partial charge in [-0.25, -0.2) is 9.18 Å². The number of nitrogens with zero attached hydrogens (tertiary/aromatic N) is 1. The van der Waals surface area contributed by atoms with Crippen molar-refractivity contribution in [1.29, 1.82) is 0 Å². The topological polar surface area (TPSA) is 49.8 Å². The zero-order valence-electron chi connectivity index (χ0n) is 9.94. The summed E-state index contributed by atoms with van der Waals surface area (Å²) in [6.07, 6.45) is 0. The number of aliphatic hydroxyl groups excluding tert-OH is 1. The van der Waals surface area contributed by atoms with Crippen LogP contribution in [0.3, 0.4) is 0 Å². The van der Waals surface area contributed by atoms with E-state index in [1.165, 1.54) is 13.2 Å². The van der Waals surface area contributed by atoms with E-state index in [1.54, 1.807) is 18.0 Å². The number of carbonyl (C=O) groups is 1. The number of esters is 1. The quantitative estimate of drug-likeness (QED) is 0.782. The van der Waals surface area contributed by atoms with Crippen molar-refractivity contribution in [2.75, 3.05) is 27.3 Å². The first-order valence-corrected chi connectivity index (χ1v) is 5.24. The zero-order chi connectivity index (χ0) is 12.8. The Hall–Kier alpha value is -1.46. The molecule has 0 saturated carbocycles. The molecule has 0 aromatic heterocycles. The number of ether oxygens (including phenoxy) is 1. The van der Waals surface area contributed by atoms with Gasteiger partial charge in [-0.1, -0.05) is 6.07 Å². The van der Waals surface area contributed by atoms with Crippen LogP contribution in [0.5, 0.6) is 0 Å². The Balaban J connectivity index is 2.79. The molecule has 0 amide bonds. The van der Waals surface area contributed by atoms with E-state index in [9.17, 15) is 9.18 Å². The lowest BCUT2D eigenvalue weighted by atomic mass is 10.1. The Bertz CT molecular complexity index is 395. The summed E-state index contributed by atoms with van der Waals surface area (Å²) < 4.78 is 18.2. The maximum absolute atomic E-state index is 13.7. The fourth-order valence-corrected chi connectivity index (χ4v) is 1.46. The van der Waals surface area contributed by atoms with Crippen LogP contribution in [0.1, 0.15) is 15.9 Å². The smallest absolute Gasteiger partial charge is 0.337 e. The molecule has 1 rings (SSSR count). The lowest BCUT2D eigenvalue weighted by Crippen LogP contribution is -2.22. The molecule has 1 aromatic rings. The van der Waals surface area contributed by atoms with Crippen LogP contribution in [0.4, 0.5) is 4.39 Å². The van der Waals surface area contributed by atoms with Gasteiger partial charge in [0.1, 0.15) is 5.82 Å². The molecule has 0 aliphatic heterocycles. The molecular weight excluding hydrogens is 225 g/mol. The maximum Gasteiger partial charge on any atom is 0.337 e. The van der Waals surface area contributed by atoms with Crippen LogP contribution in [0, 0.1) is 5.82 Å². The minimum absolute atomic E-state index is 0.0262. The fourth-order valence-electron chi connectivity index (χ4n) is 1.46. The van der Waals surface area contributed by atoms with Gasteiger partial charge in [-0.05, 0) is 19.2 Å². The number of hydrogen-bond donors (Lipinski definition) is 1. The number of aliphatic hydroxyl groups is 1. The molecule has 94 valence electrons. The second-order valence-corrected chi connectivity index (χ2v) is 3.76. The lowest BCUT2D eigenvalue weighted by molar-refractivity contribution is 0.0600. The summed E-state index contributed by atoms with van der Waals surface area (Å²) in [6, 6.07) is 4.24. The molecule has 1 aromatic carbocycles. The predicted octanol–water partition coefficient (Wildman–Crippen LogP) is 1.04. The van der Waals surface area contributed by atoms with Crippen molar-refractivity contribution in [3.63, 3.8) is 0 Å². The number of likely N-dealkylation sites (N-methyl/N-ethyl adjacent to an activating group) is 1. The van der Waals surface area contributed by atoms with Crippen LogP contribution in [0.15, 0.2) is 18.2 Å². The SMILES string of the molecule is COC(=O)c1ccc(CN(C)CCO)c(F)c1. The Labute approximate surface area is 99.6 Å². The van der Waals surface area contributed by atoms with Gasteiger partial charge >= 0.3 is 5.97 Å². The van der Waals surface area contributed by atoms with E-state index in [0.29, 0.717) is 18.7 Å². The van der Waals surface area contributed by atoms with E-state index in [0.717, 1.165) is 6.07 Å². The highest BCUT2D eigenvalue weighted by molar-refractivity contribution is 5.89. The summed E-state index contributed by atoms with van der Waals surface area (Å²) in [7, 11) is 3.03. The lowest BCUT2D eigenvalue weighted by Gasteiger charge is -2.15. The highest BCUT2D eigenvalue weighted by Gasteiger charge is 2.10. The molecular formula is C12H16FNO3. The molecule has 0 spiro atoms. The highest BCUT2D eigenvalue weighted by atomic mass is 19.1. The van der Waals surface area contributed by atoms with E-state index in [4.69, 9.17) is 5.11 Å². The van der Waals surface area contributed by atoms with Crippen LogP contribution in [0.25, 0.3) is 0 Å². The van der Waals surface area contributed by atoms with E-state index in [1.807, 2.05) is 0 Å². The summed E-state index contributed by atoms with van der Waals surface area (Å²) in [4.78, 5) is 13.0. The standard InChI is InChI=1S/C12H16FNO3/c1-14(5-6-15)8-10-4-3-9(7-11(10)13)12(16)17-2/h3-4,7,15H,5-6,8H2,1-2H3. The summed E-state index contributed by atoms with van der Waals surface area (Å²) in [5.74, 6) is -1.00. The molecule has 1 N–H and O–H groups in total. The third kappa shape index (κ3) is 3.80. The normalized spacial score (nSPS) is 10.6. The van der Waals surface area contributed by atoms with Crippen LogP contribution in [-0.4, -0.2) is 43.3 Å². The number of halogens is 1. The molecule has 0 atom stereocenters. The minimum Gasteiger partial charge on any atom is -0.465 e. The Morgan fingerprint density at radius 3 is 2.76 bits per heavy atom. The molecule has 17 heavy (non-hydrogen) atoms. The van der Waals surface area contributed by atoms with E-state index >= 15 is 0 Å².